The van der Waals surface area contributed by atoms with E-state index in [4.69, 9.17) is 44.9 Å². The Kier molecular flexibility index (Phi) is 21.8. The summed E-state index contributed by atoms with van der Waals surface area (Å²) in [5.74, 6) is 5.85. The molecule has 0 aliphatic rings. The van der Waals surface area contributed by atoms with Gasteiger partial charge in [-0.25, -0.2) is 44.9 Å². The Morgan fingerprint density at radius 2 is 0.340 bits per heavy atom. The molecule has 144 heavy (non-hydrogen) atoms. The number of benzene rings is 25. The van der Waals surface area contributed by atoms with Crippen molar-refractivity contribution in [1.82, 2.24) is 44.9 Å². The fourth-order valence-electron chi connectivity index (χ4n) is 21.0. The van der Waals surface area contributed by atoms with Gasteiger partial charge in [-0.2, -0.15) is 0 Å². The van der Waals surface area contributed by atoms with Crippen molar-refractivity contribution in [2.75, 3.05) is 0 Å². The van der Waals surface area contributed by atoms with E-state index in [2.05, 4.69) is 358 Å². The third kappa shape index (κ3) is 15.9. The molecule has 9 heteroatoms. The van der Waals surface area contributed by atoms with Crippen LogP contribution < -0.4 is 0 Å². The highest BCUT2D eigenvalue weighted by Crippen LogP contribution is 2.48. The van der Waals surface area contributed by atoms with Gasteiger partial charge in [0.1, 0.15) is 0 Å². The van der Waals surface area contributed by atoms with Crippen LogP contribution in [-0.2, 0) is 0 Å². The van der Waals surface area contributed by atoms with Gasteiger partial charge >= 0.3 is 0 Å². The first-order chi connectivity index (χ1) is 71.4. The first-order valence-corrected chi connectivity index (χ1v) is 48.7. The SMILES string of the molecule is c1ccc(-c2cccc(-c3nc(-c4ccccc4)nc(-c4ccc(-c5cc6ccccc6c6c5ccc5c7ccccc7ccc56)cc4)n3)c2)cc1.c1ccc(-c2nc(-c3ccccc3)nc(-c3cccc(-c4cc5ccccc5c5c4ccc4c6ccccc6ccc45)c3)n2)cc1.c1ccc(-c2nc(-c3ccccc3)nc(-c3ccccc3-c3cccc4ccc5ccc6c7ccccc7ccc6c5c34)n2)cc1. The van der Waals surface area contributed by atoms with Gasteiger partial charge in [0.2, 0.25) is 0 Å². The van der Waals surface area contributed by atoms with Gasteiger partial charge in [0.05, 0.1) is 0 Å². The van der Waals surface area contributed by atoms with Crippen molar-refractivity contribution >= 4 is 129 Å². The summed E-state index contributed by atoms with van der Waals surface area (Å²) in [6.07, 6.45) is 0. The van der Waals surface area contributed by atoms with Gasteiger partial charge < -0.3 is 0 Å². The van der Waals surface area contributed by atoms with Crippen LogP contribution >= 0.6 is 0 Å². The Morgan fingerprint density at radius 1 is 0.0903 bits per heavy atom. The fraction of sp³-hybridized carbons (Fsp3) is 0. The molecule has 0 aliphatic heterocycles. The molecular weight excluding hydrogens is 1750 g/mol. The minimum absolute atomic E-state index is 0.641. The molecular formula is C135H85N9. The quantitative estimate of drug-likeness (QED) is 0.104. The number of aromatic nitrogens is 9. The molecule has 3 heterocycles. The van der Waals surface area contributed by atoms with Crippen LogP contribution in [0.3, 0.4) is 0 Å². The molecule has 28 rings (SSSR count). The lowest BCUT2D eigenvalue weighted by atomic mass is 9.88. The average molecular weight is 1830 g/mol. The molecule has 0 spiro atoms. The molecule has 0 fully saturated rings. The van der Waals surface area contributed by atoms with Crippen LogP contribution in [0.1, 0.15) is 0 Å². The Balaban J connectivity index is 0.000000110. The summed E-state index contributed by atoms with van der Waals surface area (Å²) in [6, 6.07) is 182. The minimum atomic E-state index is 0.641. The van der Waals surface area contributed by atoms with Gasteiger partial charge in [0.15, 0.2) is 52.4 Å². The van der Waals surface area contributed by atoms with E-state index >= 15 is 0 Å². The first kappa shape index (κ1) is 85.1. The van der Waals surface area contributed by atoms with Gasteiger partial charge in [-0.15, -0.1) is 0 Å². The van der Waals surface area contributed by atoms with E-state index in [1.165, 1.54) is 140 Å². The Labute approximate surface area is 830 Å². The maximum atomic E-state index is 5.09. The smallest absolute Gasteiger partial charge is 0.164 e. The van der Waals surface area contributed by atoms with Crippen molar-refractivity contribution in [1.29, 1.82) is 0 Å². The van der Waals surface area contributed by atoms with Crippen LogP contribution in [0.4, 0.5) is 0 Å². The number of hydrogen-bond donors (Lipinski definition) is 0. The van der Waals surface area contributed by atoms with Gasteiger partial charge in [0, 0.05) is 50.1 Å². The van der Waals surface area contributed by atoms with E-state index in [-0.39, 0.29) is 0 Å². The fourth-order valence-corrected chi connectivity index (χ4v) is 21.0. The van der Waals surface area contributed by atoms with Gasteiger partial charge in [0.25, 0.3) is 0 Å². The zero-order valence-electron chi connectivity index (χ0n) is 78.1. The second kappa shape index (κ2) is 36.9. The lowest BCUT2D eigenvalue weighted by Crippen LogP contribution is -2.01. The maximum Gasteiger partial charge on any atom is 0.164 e. The molecule has 0 radical (unpaired) electrons. The summed E-state index contributed by atoms with van der Waals surface area (Å²) >= 11 is 0. The van der Waals surface area contributed by atoms with Crippen molar-refractivity contribution in [3.8, 4) is 147 Å². The monoisotopic (exact) mass is 1830 g/mol. The standard InChI is InChI=1S/C49H31N3.2C43H27N3/c1-3-12-32(13-4-1)37-18-11-19-39(30-37)49-51-47(35-15-5-2-6-16-35)50-48(52-49)36-24-22-34(23-25-36)45-31-38-17-8-10-21-41(38)46-43-27-26-33-14-7-9-20-40(33)42(43)28-29-44(45)46;1-3-13-29(14-4-1)41-44-42(30-15-5-2-6-16-30)46-43(45-41)33-19-11-18-31(26-33)39-27-32-17-8-10-21-35(32)40-37-23-22-28-12-7-9-20-34(28)36(37)24-25-38(39)40;1-3-13-31(14-4-1)41-44-42(32-15-5-2-6-16-32)46-43(45-41)38-20-10-9-19-34(38)36-21-11-17-29-22-23-30-25-26-35-33-18-8-7-12-28(33)24-27-37(35)40(30)39(29)36/h1-31H;2*1-27H. The van der Waals surface area contributed by atoms with Crippen LogP contribution in [0.2, 0.25) is 0 Å². The summed E-state index contributed by atoms with van der Waals surface area (Å²) in [4.78, 5) is 45.0. The van der Waals surface area contributed by atoms with Crippen molar-refractivity contribution in [2.45, 2.75) is 0 Å². The largest absolute Gasteiger partial charge is 0.208 e. The Morgan fingerprint density at radius 3 is 0.771 bits per heavy atom. The highest BCUT2D eigenvalue weighted by atomic mass is 15.1. The van der Waals surface area contributed by atoms with Crippen LogP contribution in [0.15, 0.2) is 516 Å². The maximum absolute atomic E-state index is 5.09. The van der Waals surface area contributed by atoms with E-state index < -0.39 is 0 Å². The van der Waals surface area contributed by atoms with E-state index in [0.717, 1.165) is 83.5 Å². The molecule has 0 saturated heterocycles. The van der Waals surface area contributed by atoms with Crippen molar-refractivity contribution in [3.63, 3.8) is 0 Å². The van der Waals surface area contributed by atoms with Crippen molar-refractivity contribution < 1.29 is 0 Å². The number of rotatable bonds is 13. The average Bonchev–Trinajstić information content (AvgIpc) is 0.735. The predicted molar refractivity (Wildman–Crippen MR) is 600 cm³/mol. The third-order valence-electron chi connectivity index (χ3n) is 27.9. The Bertz CT molecular complexity index is 9770. The zero-order chi connectivity index (χ0) is 95.3. The summed E-state index contributed by atoms with van der Waals surface area (Å²) in [7, 11) is 0. The minimum Gasteiger partial charge on any atom is -0.208 e. The van der Waals surface area contributed by atoms with Crippen molar-refractivity contribution in [3.05, 3.63) is 516 Å². The molecule has 670 valence electrons. The molecule has 28 aromatic rings. The Hall–Kier alpha value is -19.4. The predicted octanol–water partition coefficient (Wildman–Crippen LogP) is 35.1. The number of nitrogens with zero attached hydrogens (tertiary/aromatic N) is 9. The normalized spacial score (nSPS) is 11.5. The van der Waals surface area contributed by atoms with E-state index in [0.29, 0.717) is 52.4 Å². The van der Waals surface area contributed by atoms with Gasteiger partial charge in [-0.05, 0) is 198 Å². The molecule has 0 saturated carbocycles. The molecule has 25 aromatic carbocycles. The van der Waals surface area contributed by atoms with Gasteiger partial charge in [-0.1, -0.05) is 491 Å². The molecule has 9 nitrogen and oxygen atoms in total. The van der Waals surface area contributed by atoms with Crippen LogP contribution in [0, 0.1) is 0 Å². The molecule has 0 amide bonds. The highest BCUT2D eigenvalue weighted by Gasteiger charge is 2.24. The number of hydrogen-bond acceptors (Lipinski definition) is 9. The topological polar surface area (TPSA) is 116 Å². The molecule has 3 aromatic heterocycles. The lowest BCUT2D eigenvalue weighted by molar-refractivity contribution is 1.07. The molecule has 0 aliphatic carbocycles. The lowest BCUT2D eigenvalue weighted by Gasteiger charge is -2.16. The molecule has 0 bridgehead atoms. The van der Waals surface area contributed by atoms with Crippen LogP contribution in [-0.4, -0.2) is 44.9 Å². The summed E-state index contributed by atoms with van der Waals surface area (Å²) in [5, 5.41) is 30.1. The molecule has 0 N–H and O–H groups in total. The summed E-state index contributed by atoms with van der Waals surface area (Å²) < 4.78 is 0. The van der Waals surface area contributed by atoms with Crippen LogP contribution in [0.5, 0.6) is 0 Å². The molecule has 0 unspecified atom stereocenters. The van der Waals surface area contributed by atoms with E-state index in [1.54, 1.807) is 0 Å². The van der Waals surface area contributed by atoms with E-state index in [1.807, 2.05) is 158 Å². The first-order valence-electron chi connectivity index (χ1n) is 48.7. The zero-order valence-corrected chi connectivity index (χ0v) is 78.1. The second-order valence-corrected chi connectivity index (χ2v) is 36.4. The van der Waals surface area contributed by atoms with Crippen LogP contribution in [0.25, 0.3) is 276 Å². The second-order valence-electron chi connectivity index (χ2n) is 36.4. The van der Waals surface area contributed by atoms with E-state index in [9.17, 15) is 0 Å². The summed E-state index contributed by atoms with van der Waals surface area (Å²) in [6.45, 7) is 0. The number of fused-ring (bicyclic) bond motifs is 21. The van der Waals surface area contributed by atoms with Gasteiger partial charge in [-0.3, -0.25) is 0 Å². The third-order valence-corrected chi connectivity index (χ3v) is 27.9. The summed E-state index contributed by atoms with van der Waals surface area (Å²) in [5.41, 5.74) is 17.7. The molecule has 0 atom stereocenters. The van der Waals surface area contributed by atoms with Crippen molar-refractivity contribution in [2.24, 2.45) is 0 Å². The highest BCUT2D eigenvalue weighted by molar-refractivity contribution is 6.31.